The zero-order chi connectivity index (χ0) is 9.14. The third-order valence-electron chi connectivity index (χ3n) is 2.01. The van der Waals surface area contributed by atoms with Crippen LogP contribution in [0.1, 0.15) is 19.8 Å². The Labute approximate surface area is 70.8 Å². The van der Waals surface area contributed by atoms with E-state index in [0.717, 1.165) is 6.42 Å². The van der Waals surface area contributed by atoms with E-state index < -0.39 is 17.9 Å². The van der Waals surface area contributed by atoms with Crippen LogP contribution in [0.15, 0.2) is 0 Å². The maximum atomic E-state index is 11.0. The topological polar surface area (TPSA) is 52.6 Å². The average molecular weight is 172 g/mol. The molecule has 0 N–H and O–H groups in total. The monoisotopic (exact) mass is 172 g/mol. The van der Waals surface area contributed by atoms with Gasteiger partial charge >= 0.3 is 11.9 Å². The Morgan fingerprint density at radius 3 is 2.83 bits per heavy atom. The molecule has 2 unspecified atom stereocenters. The van der Waals surface area contributed by atoms with Crippen molar-refractivity contribution in [1.29, 1.82) is 0 Å². The molecular weight excluding hydrogens is 160 g/mol. The van der Waals surface area contributed by atoms with Crippen LogP contribution in [0.2, 0.25) is 0 Å². The van der Waals surface area contributed by atoms with Crippen LogP contribution in [0.5, 0.6) is 0 Å². The summed E-state index contributed by atoms with van der Waals surface area (Å²) in [6.45, 7) is 1.91. The number of carbonyl (C=O) groups excluding carboxylic acids is 2. The predicted molar refractivity (Wildman–Crippen MR) is 40.3 cm³/mol. The van der Waals surface area contributed by atoms with Gasteiger partial charge in [-0.3, -0.25) is 9.59 Å². The summed E-state index contributed by atoms with van der Waals surface area (Å²) in [5, 5.41) is 0. The molecule has 0 aromatic heterocycles. The van der Waals surface area contributed by atoms with Crippen molar-refractivity contribution in [1.82, 2.24) is 0 Å². The highest BCUT2D eigenvalue weighted by atomic mass is 16.6. The largest absolute Gasteiger partial charge is 0.468 e. The molecule has 68 valence electrons. The lowest BCUT2D eigenvalue weighted by Gasteiger charge is -2.02. The van der Waals surface area contributed by atoms with E-state index in [1.54, 1.807) is 0 Å². The highest BCUT2D eigenvalue weighted by molar-refractivity contribution is 5.96. The first-order valence-electron chi connectivity index (χ1n) is 3.97. The first-order valence-corrected chi connectivity index (χ1v) is 3.97. The van der Waals surface area contributed by atoms with Crippen LogP contribution in [0.4, 0.5) is 0 Å². The number of cyclic esters (lactones) is 1. The van der Waals surface area contributed by atoms with Gasteiger partial charge in [0.05, 0.1) is 7.11 Å². The van der Waals surface area contributed by atoms with Crippen molar-refractivity contribution in [2.75, 3.05) is 7.11 Å². The SMILES string of the molecule is CCC1CC(C(=O)OC)C(=O)O1. The Morgan fingerprint density at radius 2 is 2.42 bits per heavy atom. The lowest BCUT2D eigenvalue weighted by atomic mass is 10.0. The molecular formula is C8H12O4. The fraction of sp³-hybridized carbons (Fsp3) is 0.750. The van der Waals surface area contributed by atoms with Crippen LogP contribution in [0.25, 0.3) is 0 Å². The van der Waals surface area contributed by atoms with E-state index >= 15 is 0 Å². The molecule has 0 aromatic carbocycles. The zero-order valence-electron chi connectivity index (χ0n) is 7.20. The molecule has 1 saturated heterocycles. The molecule has 1 heterocycles. The number of methoxy groups -OCH3 is 1. The Kier molecular flexibility index (Phi) is 2.68. The van der Waals surface area contributed by atoms with Gasteiger partial charge in [-0.1, -0.05) is 6.92 Å². The summed E-state index contributed by atoms with van der Waals surface area (Å²) in [6, 6.07) is 0. The summed E-state index contributed by atoms with van der Waals surface area (Å²) in [6.07, 6.45) is 1.10. The van der Waals surface area contributed by atoms with Gasteiger partial charge in [-0.15, -0.1) is 0 Å². The smallest absolute Gasteiger partial charge is 0.320 e. The molecule has 1 fully saturated rings. The van der Waals surface area contributed by atoms with Crippen LogP contribution in [-0.2, 0) is 19.1 Å². The Hall–Kier alpha value is -1.06. The minimum Gasteiger partial charge on any atom is -0.468 e. The first-order chi connectivity index (χ1) is 5.69. The van der Waals surface area contributed by atoms with E-state index in [2.05, 4.69) is 4.74 Å². The average Bonchev–Trinajstić information content (AvgIpc) is 2.45. The lowest BCUT2D eigenvalue weighted by molar-refractivity contribution is -0.154. The van der Waals surface area contributed by atoms with E-state index in [1.807, 2.05) is 6.92 Å². The van der Waals surface area contributed by atoms with E-state index in [4.69, 9.17) is 4.74 Å². The van der Waals surface area contributed by atoms with Crippen molar-refractivity contribution in [2.24, 2.45) is 5.92 Å². The van der Waals surface area contributed by atoms with E-state index in [9.17, 15) is 9.59 Å². The second-order valence-corrected chi connectivity index (χ2v) is 2.78. The quantitative estimate of drug-likeness (QED) is 0.449. The number of carbonyl (C=O) groups is 2. The number of hydrogen-bond acceptors (Lipinski definition) is 4. The van der Waals surface area contributed by atoms with Crippen molar-refractivity contribution in [3.63, 3.8) is 0 Å². The maximum Gasteiger partial charge on any atom is 0.320 e. The molecule has 1 aliphatic heterocycles. The third-order valence-corrected chi connectivity index (χ3v) is 2.01. The minimum atomic E-state index is -0.694. The normalized spacial score (nSPS) is 28.3. The van der Waals surface area contributed by atoms with Crippen molar-refractivity contribution in [3.8, 4) is 0 Å². The number of ether oxygens (including phenoxy) is 2. The molecule has 0 amide bonds. The molecule has 1 rings (SSSR count). The van der Waals surface area contributed by atoms with Gasteiger partial charge in [-0.25, -0.2) is 0 Å². The summed E-state index contributed by atoms with van der Waals surface area (Å²) < 4.78 is 9.36. The van der Waals surface area contributed by atoms with Gasteiger partial charge in [0.1, 0.15) is 6.10 Å². The molecule has 0 spiro atoms. The fourth-order valence-corrected chi connectivity index (χ4v) is 1.24. The van der Waals surface area contributed by atoms with E-state index in [0.29, 0.717) is 6.42 Å². The molecule has 2 atom stereocenters. The van der Waals surface area contributed by atoms with Crippen LogP contribution in [-0.4, -0.2) is 25.2 Å². The second-order valence-electron chi connectivity index (χ2n) is 2.78. The first kappa shape index (κ1) is 9.03. The van der Waals surface area contributed by atoms with Gasteiger partial charge in [0.2, 0.25) is 0 Å². The highest BCUT2D eigenvalue weighted by Crippen LogP contribution is 2.23. The van der Waals surface area contributed by atoms with Gasteiger partial charge in [0.25, 0.3) is 0 Å². The Balaban J connectivity index is 2.57. The Bertz CT molecular complexity index is 199. The van der Waals surface area contributed by atoms with Crippen molar-refractivity contribution in [2.45, 2.75) is 25.9 Å². The van der Waals surface area contributed by atoms with E-state index in [1.165, 1.54) is 7.11 Å². The molecule has 0 radical (unpaired) electrons. The number of rotatable bonds is 2. The molecule has 0 aliphatic carbocycles. The molecule has 0 bridgehead atoms. The van der Waals surface area contributed by atoms with Crippen LogP contribution >= 0.6 is 0 Å². The van der Waals surface area contributed by atoms with Crippen LogP contribution < -0.4 is 0 Å². The predicted octanol–water partition coefficient (Wildman–Crippen LogP) is 0.501. The maximum absolute atomic E-state index is 11.0. The van der Waals surface area contributed by atoms with Gasteiger partial charge in [-0.05, 0) is 6.42 Å². The number of esters is 2. The van der Waals surface area contributed by atoms with Gasteiger partial charge < -0.3 is 9.47 Å². The second kappa shape index (κ2) is 3.56. The summed E-state index contributed by atoms with van der Waals surface area (Å²) in [4.78, 5) is 22.0. The molecule has 0 saturated carbocycles. The lowest BCUT2D eigenvalue weighted by Crippen LogP contribution is -2.20. The van der Waals surface area contributed by atoms with Gasteiger partial charge in [0.15, 0.2) is 5.92 Å². The van der Waals surface area contributed by atoms with Crippen LogP contribution in [0.3, 0.4) is 0 Å². The summed E-state index contributed by atoms with van der Waals surface area (Å²) >= 11 is 0. The molecule has 1 aliphatic rings. The standard InChI is InChI=1S/C8H12O4/c1-3-5-4-6(7(9)11-2)8(10)12-5/h5-6H,3-4H2,1-2H3. The van der Waals surface area contributed by atoms with Crippen molar-refractivity contribution < 1.29 is 19.1 Å². The minimum absolute atomic E-state index is 0.110. The number of hydrogen-bond donors (Lipinski definition) is 0. The summed E-state index contributed by atoms with van der Waals surface area (Å²) in [7, 11) is 1.27. The van der Waals surface area contributed by atoms with Crippen molar-refractivity contribution in [3.05, 3.63) is 0 Å². The molecule has 4 nitrogen and oxygen atoms in total. The molecule has 4 heteroatoms. The zero-order valence-corrected chi connectivity index (χ0v) is 7.20. The van der Waals surface area contributed by atoms with E-state index in [-0.39, 0.29) is 6.10 Å². The highest BCUT2D eigenvalue weighted by Gasteiger charge is 2.39. The molecule has 12 heavy (non-hydrogen) atoms. The fourth-order valence-electron chi connectivity index (χ4n) is 1.24. The van der Waals surface area contributed by atoms with Crippen LogP contribution in [0, 0.1) is 5.92 Å². The van der Waals surface area contributed by atoms with Gasteiger partial charge in [-0.2, -0.15) is 0 Å². The summed E-state index contributed by atoms with van der Waals surface area (Å²) in [5.74, 6) is -1.63. The molecule has 0 aromatic rings. The van der Waals surface area contributed by atoms with Gasteiger partial charge in [0, 0.05) is 6.42 Å². The van der Waals surface area contributed by atoms with Crippen molar-refractivity contribution >= 4 is 11.9 Å². The Morgan fingerprint density at radius 1 is 1.75 bits per heavy atom. The third kappa shape index (κ3) is 1.57. The summed E-state index contributed by atoms with van der Waals surface area (Å²) in [5.41, 5.74) is 0.